The molecule has 0 bridgehead atoms. The van der Waals surface area contributed by atoms with E-state index in [4.69, 9.17) is 10.7 Å². The highest BCUT2D eigenvalue weighted by atomic mass is 15.1. The summed E-state index contributed by atoms with van der Waals surface area (Å²) in [5.41, 5.74) is 8.61. The minimum absolute atomic E-state index is 0.290. The van der Waals surface area contributed by atoms with Crippen LogP contribution < -0.4 is 5.73 Å². The molecule has 1 unspecified atom stereocenters. The maximum Gasteiger partial charge on any atom is 0.109 e. The van der Waals surface area contributed by atoms with Gasteiger partial charge in [-0.15, -0.1) is 0 Å². The molecule has 1 aliphatic rings. The first-order chi connectivity index (χ1) is 8.79. The van der Waals surface area contributed by atoms with E-state index in [9.17, 15) is 0 Å². The number of fused-ring (bicyclic) bond motifs is 1. The number of benzene rings is 1. The molecule has 18 heavy (non-hydrogen) atoms. The zero-order valence-corrected chi connectivity index (χ0v) is 11.0. The number of aryl methyl sites for hydroxylation is 1. The van der Waals surface area contributed by atoms with Crippen LogP contribution in [0.1, 0.15) is 32.0 Å². The summed E-state index contributed by atoms with van der Waals surface area (Å²) in [6, 6.07) is 8.67. The van der Waals surface area contributed by atoms with E-state index in [1.54, 1.807) is 0 Å². The van der Waals surface area contributed by atoms with Crippen LogP contribution in [0.25, 0.3) is 11.0 Å². The molecule has 0 amide bonds. The first-order valence-corrected chi connectivity index (χ1v) is 6.99. The van der Waals surface area contributed by atoms with Gasteiger partial charge in [0.2, 0.25) is 0 Å². The number of aromatic nitrogens is 2. The predicted octanol–water partition coefficient (Wildman–Crippen LogP) is 2.73. The largest absolute Gasteiger partial charge is 0.326 e. The first-order valence-electron chi connectivity index (χ1n) is 6.99. The van der Waals surface area contributed by atoms with E-state index in [2.05, 4.69) is 35.8 Å². The van der Waals surface area contributed by atoms with Crippen LogP contribution >= 0.6 is 0 Å². The van der Waals surface area contributed by atoms with Gasteiger partial charge in [0.25, 0.3) is 0 Å². The molecule has 0 aliphatic heterocycles. The molecule has 3 nitrogen and oxygen atoms in total. The van der Waals surface area contributed by atoms with Gasteiger partial charge in [-0.25, -0.2) is 4.98 Å². The number of hydrogen-bond donors (Lipinski definition) is 1. The molecule has 0 radical (unpaired) electrons. The molecule has 1 fully saturated rings. The van der Waals surface area contributed by atoms with E-state index in [1.165, 1.54) is 24.2 Å². The number of imidazole rings is 1. The third kappa shape index (κ3) is 2.15. The van der Waals surface area contributed by atoms with Crippen LogP contribution in [0.3, 0.4) is 0 Å². The summed E-state index contributed by atoms with van der Waals surface area (Å²) in [4.78, 5) is 4.74. The molecular formula is C15H21N3. The molecule has 1 aliphatic carbocycles. The molecule has 96 valence electrons. The topological polar surface area (TPSA) is 43.8 Å². The average Bonchev–Trinajstić information content (AvgIpc) is 3.16. The van der Waals surface area contributed by atoms with Crippen LogP contribution in [0.4, 0.5) is 0 Å². The summed E-state index contributed by atoms with van der Waals surface area (Å²) in [6.07, 6.45) is 4.77. The van der Waals surface area contributed by atoms with Crippen LogP contribution in [-0.2, 0) is 13.0 Å². The second kappa shape index (κ2) is 4.73. The third-order valence-corrected chi connectivity index (χ3v) is 3.83. The second-order valence-corrected chi connectivity index (χ2v) is 5.38. The lowest BCUT2D eigenvalue weighted by atomic mass is 10.2. The van der Waals surface area contributed by atoms with Gasteiger partial charge in [-0.3, -0.25) is 0 Å². The van der Waals surface area contributed by atoms with Crippen LogP contribution in [0.5, 0.6) is 0 Å². The maximum atomic E-state index is 6.28. The highest BCUT2D eigenvalue weighted by Crippen LogP contribution is 2.32. The highest BCUT2D eigenvalue weighted by Gasteiger charge is 2.29. The van der Waals surface area contributed by atoms with Gasteiger partial charge >= 0.3 is 0 Å². The van der Waals surface area contributed by atoms with Crippen molar-refractivity contribution in [2.75, 3.05) is 0 Å². The molecule has 1 aromatic carbocycles. The van der Waals surface area contributed by atoms with Crippen molar-refractivity contribution in [2.45, 2.75) is 45.2 Å². The second-order valence-electron chi connectivity index (χ2n) is 5.38. The Morgan fingerprint density at radius 1 is 1.39 bits per heavy atom. The summed E-state index contributed by atoms with van der Waals surface area (Å²) in [6.45, 7) is 3.12. The first kappa shape index (κ1) is 11.7. The lowest BCUT2D eigenvalue weighted by molar-refractivity contribution is 0.497. The molecule has 1 aromatic heterocycles. The van der Waals surface area contributed by atoms with Gasteiger partial charge in [0.1, 0.15) is 5.82 Å². The molecule has 3 rings (SSSR count). The fraction of sp³-hybridized carbons (Fsp3) is 0.533. The maximum absolute atomic E-state index is 6.28. The lowest BCUT2D eigenvalue weighted by Gasteiger charge is -2.14. The van der Waals surface area contributed by atoms with Gasteiger partial charge in [-0.1, -0.05) is 19.1 Å². The van der Waals surface area contributed by atoms with E-state index < -0.39 is 0 Å². The Bertz CT molecular complexity index is 540. The molecule has 0 spiro atoms. The lowest BCUT2D eigenvalue weighted by Crippen LogP contribution is -2.29. The van der Waals surface area contributed by atoms with Crippen LogP contribution in [0, 0.1) is 5.92 Å². The standard InChI is InChI=1S/C15H21N3/c1-2-5-15-17-13-6-3-4-7-14(13)18(15)10-12(16)11-8-9-11/h3-4,6-7,11-12H,2,5,8-10,16H2,1H3. The number of hydrogen-bond acceptors (Lipinski definition) is 2. The molecule has 0 saturated heterocycles. The van der Waals surface area contributed by atoms with Crippen molar-refractivity contribution >= 4 is 11.0 Å². The minimum Gasteiger partial charge on any atom is -0.326 e. The van der Waals surface area contributed by atoms with Gasteiger partial charge in [0.15, 0.2) is 0 Å². The Hall–Kier alpha value is -1.35. The number of nitrogens with zero attached hydrogens (tertiary/aromatic N) is 2. The summed E-state index contributed by atoms with van der Waals surface area (Å²) >= 11 is 0. The zero-order valence-electron chi connectivity index (χ0n) is 11.0. The number of para-hydroxylation sites is 2. The van der Waals surface area contributed by atoms with Crippen molar-refractivity contribution < 1.29 is 0 Å². The van der Waals surface area contributed by atoms with Crippen LogP contribution in [0.15, 0.2) is 24.3 Å². The molecule has 2 aromatic rings. The quantitative estimate of drug-likeness (QED) is 0.877. The predicted molar refractivity (Wildman–Crippen MR) is 74.4 cm³/mol. The van der Waals surface area contributed by atoms with Crippen LogP contribution in [0.2, 0.25) is 0 Å². The molecule has 1 heterocycles. The number of nitrogens with two attached hydrogens (primary N) is 1. The molecule has 2 N–H and O–H groups in total. The van der Waals surface area contributed by atoms with E-state index in [1.807, 2.05) is 0 Å². The Labute approximate surface area is 108 Å². The SMILES string of the molecule is CCCc1nc2ccccc2n1CC(N)C1CC1. The third-order valence-electron chi connectivity index (χ3n) is 3.83. The van der Waals surface area contributed by atoms with Gasteiger partial charge in [0, 0.05) is 19.0 Å². The van der Waals surface area contributed by atoms with E-state index >= 15 is 0 Å². The fourth-order valence-corrected chi connectivity index (χ4v) is 2.63. The molecule has 3 heteroatoms. The van der Waals surface area contributed by atoms with Crippen LogP contribution in [-0.4, -0.2) is 15.6 Å². The van der Waals surface area contributed by atoms with E-state index in [0.717, 1.165) is 30.8 Å². The van der Waals surface area contributed by atoms with Crippen molar-refractivity contribution in [3.63, 3.8) is 0 Å². The molecular weight excluding hydrogens is 222 g/mol. The Morgan fingerprint density at radius 2 is 2.17 bits per heavy atom. The molecule has 1 atom stereocenters. The highest BCUT2D eigenvalue weighted by molar-refractivity contribution is 5.75. The van der Waals surface area contributed by atoms with Gasteiger partial charge in [-0.2, -0.15) is 0 Å². The summed E-state index contributed by atoms with van der Waals surface area (Å²) in [7, 11) is 0. The Balaban J connectivity index is 1.97. The smallest absolute Gasteiger partial charge is 0.109 e. The van der Waals surface area contributed by atoms with Gasteiger partial charge in [0.05, 0.1) is 11.0 Å². The van der Waals surface area contributed by atoms with Crippen molar-refractivity contribution in [1.82, 2.24) is 9.55 Å². The van der Waals surface area contributed by atoms with Crippen molar-refractivity contribution in [1.29, 1.82) is 0 Å². The summed E-state index contributed by atoms with van der Waals surface area (Å²) in [5.74, 6) is 1.93. The van der Waals surface area contributed by atoms with E-state index in [-0.39, 0.29) is 0 Å². The van der Waals surface area contributed by atoms with Gasteiger partial charge < -0.3 is 10.3 Å². The summed E-state index contributed by atoms with van der Waals surface area (Å²) in [5, 5.41) is 0. The minimum atomic E-state index is 0.290. The Kier molecular flexibility index (Phi) is 3.08. The average molecular weight is 243 g/mol. The monoisotopic (exact) mass is 243 g/mol. The zero-order chi connectivity index (χ0) is 12.5. The van der Waals surface area contributed by atoms with Gasteiger partial charge in [-0.05, 0) is 37.3 Å². The van der Waals surface area contributed by atoms with E-state index in [0.29, 0.717) is 6.04 Å². The van der Waals surface area contributed by atoms with Crippen molar-refractivity contribution in [2.24, 2.45) is 11.7 Å². The summed E-state index contributed by atoms with van der Waals surface area (Å²) < 4.78 is 2.34. The van der Waals surface area contributed by atoms with Crippen molar-refractivity contribution in [3.05, 3.63) is 30.1 Å². The van der Waals surface area contributed by atoms with Crippen molar-refractivity contribution in [3.8, 4) is 0 Å². The normalized spacial score (nSPS) is 17.2. The number of rotatable bonds is 5. The molecule has 1 saturated carbocycles. The fourth-order valence-electron chi connectivity index (χ4n) is 2.63. The Morgan fingerprint density at radius 3 is 2.89 bits per heavy atom.